The summed E-state index contributed by atoms with van der Waals surface area (Å²) in [4.78, 5) is 15.7. The van der Waals surface area contributed by atoms with Gasteiger partial charge < -0.3 is 10.6 Å². The van der Waals surface area contributed by atoms with Crippen LogP contribution in [0.4, 0.5) is 5.69 Å². The van der Waals surface area contributed by atoms with Crippen molar-refractivity contribution in [2.45, 2.75) is 11.4 Å². The third-order valence-electron chi connectivity index (χ3n) is 2.83. The molecule has 0 saturated heterocycles. The Morgan fingerprint density at radius 3 is 2.32 bits per heavy atom. The largest absolute Gasteiger partial charge is 0.325 e. The lowest BCUT2D eigenvalue weighted by Crippen LogP contribution is -2.27. The molecule has 1 heterocycles. The second kappa shape index (κ2) is 7.12. The summed E-state index contributed by atoms with van der Waals surface area (Å²) in [6, 6.07) is 9.37. The number of rotatable bonds is 6. The molecule has 0 aliphatic carbocycles. The summed E-state index contributed by atoms with van der Waals surface area (Å²) < 4.78 is 22.2. The van der Waals surface area contributed by atoms with E-state index in [0.717, 1.165) is 5.56 Å². The number of nitrogens with zero attached hydrogens (tertiary/aromatic N) is 1. The molecule has 0 fully saturated rings. The van der Waals surface area contributed by atoms with Gasteiger partial charge >= 0.3 is 0 Å². The van der Waals surface area contributed by atoms with Gasteiger partial charge in [0.25, 0.3) is 0 Å². The third-order valence-corrected chi connectivity index (χ3v) is 3.76. The minimum Gasteiger partial charge on any atom is -0.325 e. The smallest absolute Gasteiger partial charge is 0.238 e. The first-order chi connectivity index (χ1) is 10.4. The second-order valence-corrected chi connectivity index (χ2v) is 6.14. The van der Waals surface area contributed by atoms with Gasteiger partial charge in [0.05, 0.1) is 11.4 Å². The highest BCUT2D eigenvalue weighted by atomic mass is 32.2. The van der Waals surface area contributed by atoms with Crippen LogP contribution in [0, 0.1) is 0 Å². The molecule has 116 valence electrons. The number of primary sulfonamides is 1. The van der Waals surface area contributed by atoms with E-state index in [1.165, 1.54) is 24.3 Å². The molecule has 22 heavy (non-hydrogen) atoms. The van der Waals surface area contributed by atoms with Crippen LogP contribution in [-0.4, -0.2) is 25.9 Å². The van der Waals surface area contributed by atoms with Crippen molar-refractivity contribution in [1.82, 2.24) is 10.3 Å². The molecule has 1 aromatic carbocycles. The van der Waals surface area contributed by atoms with E-state index in [9.17, 15) is 13.2 Å². The van der Waals surface area contributed by atoms with Crippen molar-refractivity contribution in [2.24, 2.45) is 5.14 Å². The first-order valence-electron chi connectivity index (χ1n) is 6.47. The van der Waals surface area contributed by atoms with E-state index >= 15 is 0 Å². The number of pyridine rings is 1. The second-order valence-electron chi connectivity index (χ2n) is 4.58. The zero-order valence-electron chi connectivity index (χ0n) is 11.7. The molecule has 0 spiro atoms. The van der Waals surface area contributed by atoms with Crippen LogP contribution in [0.3, 0.4) is 0 Å². The summed E-state index contributed by atoms with van der Waals surface area (Å²) in [6.07, 6.45) is 3.37. The van der Waals surface area contributed by atoms with Crippen molar-refractivity contribution < 1.29 is 13.2 Å². The van der Waals surface area contributed by atoms with Crippen molar-refractivity contribution in [1.29, 1.82) is 0 Å². The molecule has 0 aliphatic heterocycles. The van der Waals surface area contributed by atoms with Crippen LogP contribution >= 0.6 is 0 Å². The summed E-state index contributed by atoms with van der Waals surface area (Å²) in [6.45, 7) is 0.694. The van der Waals surface area contributed by atoms with E-state index in [1.807, 2.05) is 12.1 Å². The number of nitrogens with one attached hydrogen (secondary N) is 2. The number of hydrogen-bond donors (Lipinski definition) is 3. The van der Waals surface area contributed by atoms with Crippen molar-refractivity contribution in [3.63, 3.8) is 0 Å². The maximum Gasteiger partial charge on any atom is 0.238 e. The quantitative estimate of drug-likeness (QED) is 0.715. The minimum atomic E-state index is -3.72. The molecule has 2 aromatic rings. The fourth-order valence-corrected chi connectivity index (χ4v) is 2.27. The number of hydrogen-bond acceptors (Lipinski definition) is 5. The fraction of sp³-hybridized carbons (Fsp3) is 0.143. The van der Waals surface area contributed by atoms with Gasteiger partial charge in [-0.25, -0.2) is 13.6 Å². The van der Waals surface area contributed by atoms with E-state index in [-0.39, 0.29) is 17.3 Å². The van der Waals surface area contributed by atoms with Crippen molar-refractivity contribution in [3.8, 4) is 0 Å². The van der Waals surface area contributed by atoms with Gasteiger partial charge in [-0.3, -0.25) is 9.78 Å². The Balaban J connectivity index is 1.82. The highest BCUT2D eigenvalue weighted by molar-refractivity contribution is 7.89. The normalized spacial score (nSPS) is 11.1. The van der Waals surface area contributed by atoms with Crippen LogP contribution in [0.2, 0.25) is 0 Å². The van der Waals surface area contributed by atoms with Gasteiger partial charge in [0.15, 0.2) is 0 Å². The average molecular weight is 320 g/mol. The molecular formula is C14H16N4O3S. The number of carbonyl (C=O) groups is 1. The van der Waals surface area contributed by atoms with Crippen LogP contribution in [-0.2, 0) is 21.4 Å². The Kier molecular flexibility index (Phi) is 5.21. The monoisotopic (exact) mass is 320 g/mol. The Morgan fingerprint density at radius 2 is 1.73 bits per heavy atom. The summed E-state index contributed by atoms with van der Waals surface area (Å²) in [5.41, 5.74) is 1.53. The molecule has 0 aliphatic rings. The maximum absolute atomic E-state index is 11.8. The lowest BCUT2D eigenvalue weighted by molar-refractivity contribution is -0.115. The number of carbonyl (C=O) groups excluding carboxylic acids is 1. The van der Waals surface area contributed by atoms with E-state index in [0.29, 0.717) is 12.2 Å². The lowest BCUT2D eigenvalue weighted by atomic mass is 10.3. The SMILES string of the molecule is NS(=O)(=O)c1ccc(NC(=O)CNCc2ccncc2)cc1. The summed E-state index contributed by atoms with van der Waals surface area (Å²) in [5.74, 6) is -0.225. The molecule has 7 nitrogen and oxygen atoms in total. The highest BCUT2D eigenvalue weighted by Crippen LogP contribution is 2.12. The predicted molar refractivity (Wildman–Crippen MR) is 82.4 cm³/mol. The molecule has 0 atom stereocenters. The molecule has 0 unspecified atom stereocenters. The molecule has 0 bridgehead atoms. The molecule has 2 rings (SSSR count). The Hall–Kier alpha value is -2.29. The molecule has 8 heteroatoms. The molecular weight excluding hydrogens is 304 g/mol. The first-order valence-corrected chi connectivity index (χ1v) is 8.02. The molecule has 0 radical (unpaired) electrons. The number of benzene rings is 1. The van der Waals surface area contributed by atoms with Crippen LogP contribution in [0.15, 0.2) is 53.7 Å². The van der Waals surface area contributed by atoms with E-state index in [1.54, 1.807) is 12.4 Å². The van der Waals surface area contributed by atoms with Crippen molar-refractivity contribution >= 4 is 21.6 Å². The van der Waals surface area contributed by atoms with Gasteiger partial charge in [-0.15, -0.1) is 0 Å². The fourth-order valence-electron chi connectivity index (χ4n) is 1.75. The number of sulfonamides is 1. The zero-order chi connectivity index (χ0) is 16.0. The predicted octanol–water partition coefficient (Wildman–Crippen LogP) is 0.457. The molecule has 1 amide bonds. The van der Waals surface area contributed by atoms with Crippen molar-refractivity contribution in [2.75, 3.05) is 11.9 Å². The topological polar surface area (TPSA) is 114 Å². The average Bonchev–Trinajstić information content (AvgIpc) is 2.48. The van der Waals surface area contributed by atoms with Gasteiger partial charge in [0, 0.05) is 24.6 Å². The zero-order valence-corrected chi connectivity index (χ0v) is 12.5. The van der Waals surface area contributed by atoms with Gasteiger partial charge in [0.2, 0.25) is 15.9 Å². The van der Waals surface area contributed by atoms with Crippen LogP contribution in [0.5, 0.6) is 0 Å². The van der Waals surface area contributed by atoms with Gasteiger partial charge in [0.1, 0.15) is 0 Å². The number of amides is 1. The Bertz CT molecular complexity index is 730. The summed E-state index contributed by atoms with van der Waals surface area (Å²) in [7, 11) is -3.72. The van der Waals surface area contributed by atoms with E-state index in [2.05, 4.69) is 15.6 Å². The van der Waals surface area contributed by atoms with E-state index in [4.69, 9.17) is 5.14 Å². The van der Waals surface area contributed by atoms with Crippen LogP contribution < -0.4 is 15.8 Å². The maximum atomic E-state index is 11.8. The molecule has 4 N–H and O–H groups in total. The molecule has 0 saturated carbocycles. The van der Waals surface area contributed by atoms with Crippen molar-refractivity contribution in [3.05, 3.63) is 54.4 Å². The first kappa shape index (κ1) is 16.1. The standard InChI is InChI=1S/C14H16N4O3S/c15-22(20,21)13-3-1-12(2-4-13)18-14(19)10-17-9-11-5-7-16-8-6-11/h1-8,17H,9-10H2,(H,18,19)(H2,15,20,21). The van der Waals surface area contributed by atoms with E-state index < -0.39 is 10.0 Å². The Labute approximate surface area is 128 Å². The number of aromatic nitrogens is 1. The Morgan fingerprint density at radius 1 is 1.09 bits per heavy atom. The minimum absolute atomic E-state index is 0.00121. The van der Waals surface area contributed by atoms with Gasteiger partial charge in [-0.2, -0.15) is 0 Å². The van der Waals surface area contributed by atoms with Gasteiger partial charge in [-0.1, -0.05) is 0 Å². The lowest BCUT2D eigenvalue weighted by Gasteiger charge is -2.07. The summed E-state index contributed by atoms with van der Waals surface area (Å²) >= 11 is 0. The number of anilines is 1. The highest BCUT2D eigenvalue weighted by Gasteiger charge is 2.07. The number of nitrogens with two attached hydrogens (primary N) is 1. The van der Waals surface area contributed by atoms with Gasteiger partial charge in [-0.05, 0) is 42.0 Å². The summed E-state index contributed by atoms with van der Waals surface area (Å²) in [5, 5.41) is 10.7. The third kappa shape index (κ3) is 4.92. The molecule has 1 aromatic heterocycles. The van der Waals surface area contributed by atoms with Crippen LogP contribution in [0.1, 0.15) is 5.56 Å². The van der Waals surface area contributed by atoms with Crippen LogP contribution in [0.25, 0.3) is 0 Å².